The number of fused-ring (bicyclic) bond motifs is 3. The smallest absolute Gasteiger partial charge is 0.191 e. The van der Waals surface area contributed by atoms with Crippen molar-refractivity contribution in [3.63, 3.8) is 0 Å². The maximum Gasteiger partial charge on any atom is 0.191 e. The summed E-state index contributed by atoms with van der Waals surface area (Å²) < 4.78 is 12.6. The third-order valence-corrected chi connectivity index (χ3v) is 9.35. The van der Waals surface area contributed by atoms with Crippen molar-refractivity contribution in [3.05, 3.63) is 23.3 Å². The number of Topliss-reactive ketones (excluding diaryl/α,β-unsaturated/α-hetero) is 1. The lowest BCUT2D eigenvalue weighted by Crippen LogP contribution is -2.49. The Kier molecular flexibility index (Phi) is 3.03. The van der Waals surface area contributed by atoms with Crippen molar-refractivity contribution in [2.75, 3.05) is 13.2 Å². The Hall–Kier alpha value is -0.930. The second-order valence-electron chi connectivity index (χ2n) is 10.1. The van der Waals surface area contributed by atoms with E-state index in [0.29, 0.717) is 11.7 Å². The van der Waals surface area contributed by atoms with Crippen LogP contribution < -0.4 is 0 Å². The van der Waals surface area contributed by atoms with Crippen LogP contribution in [0.25, 0.3) is 0 Å². The molecule has 3 saturated carbocycles. The molecule has 0 radical (unpaired) electrons. The highest BCUT2D eigenvalue weighted by atomic mass is 16.7. The first-order valence-electron chi connectivity index (χ1n) is 10.8. The van der Waals surface area contributed by atoms with Crippen molar-refractivity contribution in [2.24, 2.45) is 22.2 Å². The molecule has 3 nitrogen and oxygen atoms in total. The van der Waals surface area contributed by atoms with Gasteiger partial charge in [-0.15, -0.1) is 0 Å². The number of hydrogen-bond donors (Lipinski definition) is 0. The summed E-state index contributed by atoms with van der Waals surface area (Å²) in [6.45, 7) is 3.72. The summed E-state index contributed by atoms with van der Waals surface area (Å²) in [6, 6.07) is 0. The molecule has 6 aliphatic carbocycles. The zero-order chi connectivity index (χ0) is 17.6. The number of ether oxygens (including phenoxy) is 2. The summed E-state index contributed by atoms with van der Waals surface area (Å²) in [5, 5.41) is 0. The molecule has 0 unspecified atom stereocenters. The van der Waals surface area contributed by atoms with Crippen LogP contribution in [-0.2, 0) is 14.3 Å². The highest BCUT2D eigenvalue weighted by Crippen LogP contribution is 2.70. The van der Waals surface area contributed by atoms with Crippen LogP contribution in [0.4, 0.5) is 0 Å². The number of rotatable bonds is 0. The molecule has 7 rings (SSSR count). The van der Waals surface area contributed by atoms with E-state index in [0.717, 1.165) is 38.9 Å². The molecule has 2 bridgehead atoms. The average molecular weight is 354 g/mol. The van der Waals surface area contributed by atoms with Gasteiger partial charge in [0.05, 0.1) is 13.2 Å². The van der Waals surface area contributed by atoms with E-state index >= 15 is 0 Å². The SMILES string of the molecule is C[C@]12CC=C3C=C4C5(CCCC46OCCO6)CCC3(CC5)[C@@H]1CCC2=O. The molecule has 2 atom stereocenters. The van der Waals surface area contributed by atoms with E-state index in [4.69, 9.17) is 9.47 Å². The average Bonchev–Trinajstić information content (AvgIpc) is 3.14. The van der Waals surface area contributed by atoms with E-state index in [1.807, 2.05) is 0 Å². The fourth-order valence-electron chi connectivity index (χ4n) is 7.98. The van der Waals surface area contributed by atoms with Crippen LogP contribution in [-0.4, -0.2) is 24.8 Å². The summed E-state index contributed by atoms with van der Waals surface area (Å²) in [4.78, 5) is 12.7. The number of hydrogen-bond acceptors (Lipinski definition) is 3. The normalized spacial score (nSPS) is 48.5. The summed E-state index contributed by atoms with van der Waals surface area (Å²) >= 11 is 0. The number of allylic oxidation sites excluding steroid dienone is 3. The highest BCUT2D eigenvalue weighted by molar-refractivity contribution is 5.88. The van der Waals surface area contributed by atoms with E-state index in [1.54, 1.807) is 0 Å². The molecule has 0 amide bonds. The molecule has 7 aliphatic rings. The second kappa shape index (κ2) is 4.91. The second-order valence-corrected chi connectivity index (χ2v) is 10.1. The molecule has 0 aromatic carbocycles. The fourth-order valence-corrected chi connectivity index (χ4v) is 7.98. The van der Waals surface area contributed by atoms with Crippen molar-refractivity contribution in [1.82, 2.24) is 0 Å². The van der Waals surface area contributed by atoms with Gasteiger partial charge in [-0.1, -0.05) is 19.1 Å². The van der Waals surface area contributed by atoms with E-state index in [1.165, 1.54) is 49.7 Å². The quantitative estimate of drug-likeness (QED) is 0.632. The van der Waals surface area contributed by atoms with Crippen LogP contribution in [0.3, 0.4) is 0 Å². The van der Waals surface area contributed by atoms with Gasteiger partial charge >= 0.3 is 0 Å². The van der Waals surface area contributed by atoms with Gasteiger partial charge in [0.25, 0.3) is 0 Å². The Bertz CT molecular complexity index is 731. The molecule has 26 heavy (non-hydrogen) atoms. The Morgan fingerprint density at radius 1 is 1.04 bits per heavy atom. The van der Waals surface area contributed by atoms with Gasteiger partial charge in [0, 0.05) is 18.3 Å². The van der Waals surface area contributed by atoms with Gasteiger partial charge in [-0.25, -0.2) is 0 Å². The Balaban J connectivity index is 1.53. The first-order valence-corrected chi connectivity index (χ1v) is 10.8. The van der Waals surface area contributed by atoms with Gasteiger partial charge in [-0.2, -0.15) is 0 Å². The summed E-state index contributed by atoms with van der Waals surface area (Å²) in [5.74, 6) is 0.616. The van der Waals surface area contributed by atoms with Gasteiger partial charge < -0.3 is 9.47 Å². The minimum atomic E-state index is -0.439. The first kappa shape index (κ1) is 16.1. The van der Waals surface area contributed by atoms with Crippen LogP contribution in [0.5, 0.6) is 0 Å². The molecular weight excluding hydrogens is 324 g/mol. The van der Waals surface area contributed by atoms with Gasteiger partial charge in [0.15, 0.2) is 5.79 Å². The molecule has 140 valence electrons. The summed E-state index contributed by atoms with van der Waals surface area (Å²) in [6.07, 6.45) is 16.3. The van der Waals surface area contributed by atoms with Crippen LogP contribution in [0.15, 0.2) is 23.3 Å². The molecule has 1 saturated heterocycles. The van der Waals surface area contributed by atoms with Crippen molar-refractivity contribution in [1.29, 1.82) is 0 Å². The van der Waals surface area contributed by atoms with E-state index in [2.05, 4.69) is 19.1 Å². The van der Waals surface area contributed by atoms with Crippen molar-refractivity contribution >= 4 is 5.78 Å². The summed E-state index contributed by atoms with van der Waals surface area (Å²) in [5.41, 5.74) is 3.40. The molecular formula is C23H30O3. The van der Waals surface area contributed by atoms with E-state index in [-0.39, 0.29) is 16.2 Å². The van der Waals surface area contributed by atoms with Gasteiger partial charge in [-0.3, -0.25) is 4.79 Å². The van der Waals surface area contributed by atoms with Crippen LogP contribution in [0.1, 0.15) is 71.1 Å². The van der Waals surface area contributed by atoms with Crippen LogP contribution >= 0.6 is 0 Å². The molecule has 1 heterocycles. The zero-order valence-electron chi connectivity index (χ0n) is 15.9. The van der Waals surface area contributed by atoms with Crippen molar-refractivity contribution in [2.45, 2.75) is 76.9 Å². The van der Waals surface area contributed by atoms with E-state index in [9.17, 15) is 4.79 Å². The minimum Gasteiger partial charge on any atom is -0.344 e. The molecule has 3 heteroatoms. The number of carbonyl (C=O) groups excluding carboxylic acids is 1. The third-order valence-electron chi connectivity index (χ3n) is 9.35. The summed E-state index contributed by atoms with van der Waals surface area (Å²) in [7, 11) is 0. The lowest BCUT2D eigenvalue weighted by atomic mass is 9.49. The van der Waals surface area contributed by atoms with Crippen LogP contribution in [0, 0.1) is 22.2 Å². The standard InChI is InChI=1S/C23H30O3/c1-20-8-5-16-15-18-21(6-2-7-23(18)25-13-14-26-23)9-11-22(16,12-10-21)17(20)3-4-19(20)24/h5,15,17H,2-4,6-14H2,1H3/t17-,20+,21?,22?/m1/s1. The predicted octanol–water partition coefficient (Wildman–Crippen LogP) is 4.72. The highest BCUT2D eigenvalue weighted by Gasteiger charge is 2.64. The minimum absolute atomic E-state index is 0.111. The molecule has 0 N–H and O–H groups in total. The Labute approximate surface area is 156 Å². The fraction of sp³-hybridized carbons (Fsp3) is 0.783. The maximum absolute atomic E-state index is 12.7. The Morgan fingerprint density at radius 2 is 1.81 bits per heavy atom. The van der Waals surface area contributed by atoms with Gasteiger partial charge in [0.2, 0.25) is 0 Å². The van der Waals surface area contributed by atoms with Gasteiger partial charge in [-0.05, 0) is 79.3 Å². The number of ketones is 1. The molecule has 3 spiro atoms. The third kappa shape index (κ3) is 1.71. The van der Waals surface area contributed by atoms with Crippen LogP contribution in [0.2, 0.25) is 0 Å². The van der Waals surface area contributed by atoms with Gasteiger partial charge in [0.1, 0.15) is 5.78 Å². The predicted molar refractivity (Wildman–Crippen MR) is 98.4 cm³/mol. The lowest BCUT2D eigenvalue weighted by Gasteiger charge is -2.55. The zero-order valence-corrected chi connectivity index (χ0v) is 15.9. The number of carbonyl (C=O) groups is 1. The molecule has 1 aliphatic heterocycles. The Morgan fingerprint density at radius 3 is 2.58 bits per heavy atom. The molecule has 4 fully saturated rings. The molecule has 0 aromatic heterocycles. The lowest BCUT2D eigenvalue weighted by molar-refractivity contribution is -0.161. The monoisotopic (exact) mass is 354 g/mol. The topological polar surface area (TPSA) is 35.5 Å². The van der Waals surface area contributed by atoms with Crippen molar-refractivity contribution < 1.29 is 14.3 Å². The first-order chi connectivity index (χ1) is 12.5. The van der Waals surface area contributed by atoms with E-state index < -0.39 is 5.79 Å². The van der Waals surface area contributed by atoms with Crippen molar-refractivity contribution in [3.8, 4) is 0 Å². The molecule has 0 aromatic rings. The maximum atomic E-state index is 12.7. The largest absolute Gasteiger partial charge is 0.344 e.